The van der Waals surface area contributed by atoms with E-state index >= 15 is 0 Å². The Labute approximate surface area is 81.7 Å². The van der Waals surface area contributed by atoms with Gasteiger partial charge in [-0.1, -0.05) is 13.3 Å². The summed E-state index contributed by atoms with van der Waals surface area (Å²) in [6.07, 6.45) is 1.75. The molecule has 0 saturated heterocycles. The Hall–Kier alpha value is -0.120. The fourth-order valence-electron chi connectivity index (χ4n) is 1.24. The Morgan fingerprint density at radius 1 is 1.38 bits per heavy atom. The Morgan fingerprint density at radius 2 is 2.08 bits per heavy atom. The topological polar surface area (TPSA) is 32.7 Å². The molecule has 3 nitrogen and oxygen atoms in total. The van der Waals surface area contributed by atoms with Crippen LogP contribution in [0.5, 0.6) is 0 Å². The van der Waals surface area contributed by atoms with E-state index in [1.165, 1.54) is 0 Å². The Kier molecular flexibility index (Phi) is 8.40. The lowest BCUT2D eigenvalue weighted by Crippen LogP contribution is -2.31. The second kappa shape index (κ2) is 8.48. The van der Waals surface area contributed by atoms with Crippen LogP contribution in [0.15, 0.2) is 0 Å². The quantitative estimate of drug-likeness (QED) is 0.581. The van der Waals surface area contributed by atoms with E-state index in [1.807, 2.05) is 14.0 Å². The first-order valence-corrected chi connectivity index (χ1v) is 5.15. The molecule has 0 aromatic heterocycles. The van der Waals surface area contributed by atoms with E-state index in [0.29, 0.717) is 0 Å². The molecular weight excluding hydrogens is 166 g/mol. The predicted octanol–water partition coefficient (Wildman–Crippen LogP) is 1.12. The minimum absolute atomic E-state index is 0.184. The molecule has 0 aliphatic rings. The molecule has 0 rings (SSSR count). The highest BCUT2D eigenvalue weighted by atomic mass is 16.5. The number of likely N-dealkylation sites (N-methyl/N-ethyl adjacent to an activating group) is 1. The SMILES string of the molecule is CCCC(O)CN(C)CCOCC. The van der Waals surface area contributed by atoms with Crippen LogP contribution in [0.3, 0.4) is 0 Å². The molecule has 0 aromatic rings. The van der Waals surface area contributed by atoms with E-state index in [2.05, 4.69) is 11.8 Å². The van der Waals surface area contributed by atoms with Gasteiger partial charge < -0.3 is 14.7 Å². The van der Waals surface area contributed by atoms with Gasteiger partial charge in [0.2, 0.25) is 0 Å². The van der Waals surface area contributed by atoms with Crippen molar-refractivity contribution >= 4 is 0 Å². The third-order valence-corrected chi connectivity index (χ3v) is 1.97. The monoisotopic (exact) mass is 189 g/mol. The van der Waals surface area contributed by atoms with Crippen molar-refractivity contribution in [3.63, 3.8) is 0 Å². The molecule has 0 saturated carbocycles. The highest BCUT2D eigenvalue weighted by Gasteiger charge is 2.06. The Bertz CT molecular complexity index is 109. The summed E-state index contributed by atoms with van der Waals surface area (Å²) in [5.74, 6) is 0. The molecule has 0 aliphatic heterocycles. The summed E-state index contributed by atoms with van der Waals surface area (Å²) in [5, 5.41) is 9.49. The molecule has 3 heteroatoms. The van der Waals surface area contributed by atoms with E-state index in [-0.39, 0.29) is 6.10 Å². The summed E-state index contributed by atoms with van der Waals surface area (Å²) in [6.45, 7) is 7.25. The van der Waals surface area contributed by atoms with Crippen molar-refractivity contribution in [2.45, 2.75) is 32.8 Å². The normalized spacial score (nSPS) is 13.6. The van der Waals surface area contributed by atoms with Gasteiger partial charge in [-0.25, -0.2) is 0 Å². The summed E-state index contributed by atoms with van der Waals surface area (Å²) >= 11 is 0. The van der Waals surface area contributed by atoms with Crippen LogP contribution in [0.1, 0.15) is 26.7 Å². The van der Waals surface area contributed by atoms with Gasteiger partial charge in [0.05, 0.1) is 12.7 Å². The first kappa shape index (κ1) is 12.9. The molecular formula is C10H23NO2. The summed E-state index contributed by atoms with van der Waals surface area (Å²) in [7, 11) is 2.01. The van der Waals surface area contributed by atoms with Gasteiger partial charge >= 0.3 is 0 Å². The van der Waals surface area contributed by atoms with Crippen LogP contribution < -0.4 is 0 Å². The van der Waals surface area contributed by atoms with Gasteiger partial charge in [0.15, 0.2) is 0 Å². The lowest BCUT2D eigenvalue weighted by Gasteiger charge is -2.19. The number of nitrogens with zero attached hydrogens (tertiary/aromatic N) is 1. The van der Waals surface area contributed by atoms with Crippen molar-refractivity contribution in [3.05, 3.63) is 0 Å². The molecule has 13 heavy (non-hydrogen) atoms. The number of hydrogen-bond donors (Lipinski definition) is 1. The molecule has 1 unspecified atom stereocenters. The van der Waals surface area contributed by atoms with Crippen LogP contribution in [0.25, 0.3) is 0 Å². The van der Waals surface area contributed by atoms with Crippen LogP contribution in [-0.4, -0.2) is 49.5 Å². The standard InChI is InChI=1S/C10H23NO2/c1-4-6-10(12)9-11(3)7-8-13-5-2/h10,12H,4-9H2,1-3H3. The molecule has 0 bridgehead atoms. The second-order valence-corrected chi connectivity index (χ2v) is 3.40. The fraction of sp³-hybridized carbons (Fsp3) is 1.00. The molecule has 0 amide bonds. The molecule has 0 aromatic carbocycles. The molecule has 80 valence electrons. The minimum atomic E-state index is -0.184. The highest BCUT2D eigenvalue weighted by molar-refractivity contribution is 4.60. The van der Waals surface area contributed by atoms with Gasteiger partial charge in [-0.15, -0.1) is 0 Å². The van der Waals surface area contributed by atoms with Crippen LogP contribution in [-0.2, 0) is 4.74 Å². The third-order valence-electron chi connectivity index (χ3n) is 1.97. The molecule has 1 N–H and O–H groups in total. The first-order chi connectivity index (χ1) is 6.20. The molecule has 0 spiro atoms. The molecule has 0 fully saturated rings. The molecule has 0 heterocycles. The van der Waals surface area contributed by atoms with Crippen molar-refractivity contribution in [2.24, 2.45) is 0 Å². The van der Waals surface area contributed by atoms with Crippen molar-refractivity contribution < 1.29 is 9.84 Å². The van der Waals surface area contributed by atoms with Crippen LogP contribution in [0.2, 0.25) is 0 Å². The Balaban J connectivity index is 3.32. The van der Waals surface area contributed by atoms with Gasteiger partial charge in [-0.2, -0.15) is 0 Å². The highest BCUT2D eigenvalue weighted by Crippen LogP contribution is 1.97. The average Bonchev–Trinajstić information content (AvgIpc) is 2.05. The minimum Gasteiger partial charge on any atom is -0.392 e. The zero-order valence-corrected chi connectivity index (χ0v) is 9.12. The largest absolute Gasteiger partial charge is 0.392 e. The van der Waals surface area contributed by atoms with Gasteiger partial charge in [0, 0.05) is 19.7 Å². The van der Waals surface area contributed by atoms with E-state index in [0.717, 1.165) is 39.1 Å². The Morgan fingerprint density at radius 3 is 2.62 bits per heavy atom. The molecule has 0 aliphatic carbocycles. The summed E-state index contributed by atoms with van der Waals surface area (Å²) < 4.78 is 5.22. The smallest absolute Gasteiger partial charge is 0.0666 e. The molecule has 0 radical (unpaired) electrons. The zero-order valence-electron chi connectivity index (χ0n) is 9.12. The lowest BCUT2D eigenvalue weighted by atomic mass is 10.2. The van der Waals surface area contributed by atoms with Crippen molar-refractivity contribution in [1.29, 1.82) is 0 Å². The van der Waals surface area contributed by atoms with E-state index in [4.69, 9.17) is 4.74 Å². The van der Waals surface area contributed by atoms with Crippen molar-refractivity contribution in [2.75, 3.05) is 33.4 Å². The van der Waals surface area contributed by atoms with Crippen LogP contribution >= 0.6 is 0 Å². The summed E-state index contributed by atoms with van der Waals surface area (Å²) in [6, 6.07) is 0. The summed E-state index contributed by atoms with van der Waals surface area (Å²) in [5.41, 5.74) is 0. The maximum absolute atomic E-state index is 9.49. The van der Waals surface area contributed by atoms with Crippen molar-refractivity contribution in [1.82, 2.24) is 4.90 Å². The molecule has 1 atom stereocenters. The number of hydrogen-bond acceptors (Lipinski definition) is 3. The second-order valence-electron chi connectivity index (χ2n) is 3.40. The maximum atomic E-state index is 9.49. The lowest BCUT2D eigenvalue weighted by molar-refractivity contribution is 0.0851. The van der Waals surface area contributed by atoms with E-state index in [1.54, 1.807) is 0 Å². The fourth-order valence-corrected chi connectivity index (χ4v) is 1.24. The average molecular weight is 189 g/mol. The van der Waals surface area contributed by atoms with Gasteiger partial charge in [0.1, 0.15) is 0 Å². The third kappa shape index (κ3) is 8.22. The summed E-state index contributed by atoms with van der Waals surface area (Å²) in [4.78, 5) is 2.11. The van der Waals surface area contributed by atoms with E-state index in [9.17, 15) is 5.11 Å². The van der Waals surface area contributed by atoms with Crippen molar-refractivity contribution in [3.8, 4) is 0 Å². The number of aliphatic hydroxyl groups excluding tert-OH is 1. The van der Waals surface area contributed by atoms with Crippen LogP contribution in [0.4, 0.5) is 0 Å². The zero-order chi connectivity index (χ0) is 10.1. The van der Waals surface area contributed by atoms with E-state index < -0.39 is 0 Å². The number of ether oxygens (including phenoxy) is 1. The predicted molar refractivity (Wildman–Crippen MR) is 54.9 cm³/mol. The number of aliphatic hydroxyl groups is 1. The van der Waals surface area contributed by atoms with Crippen LogP contribution in [0, 0.1) is 0 Å². The van der Waals surface area contributed by atoms with Gasteiger partial charge in [-0.3, -0.25) is 0 Å². The first-order valence-electron chi connectivity index (χ1n) is 5.15. The van der Waals surface area contributed by atoms with Gasteiger partial charge in [0.25, 0.3) is 0 Å². The van der Waals surface area contributed by atoms with Gasteiger partial charge in [-0.05, 0) is 20.4 Å². The maximum Gasteiger partial charge on any atom is 0.0666 e. The number of rotatable bonds is 8.